The van der Waals surface area contributed by atoms with Crippen molar-refractivity contribution >= 4 is 23.4 Å². The summed E-state index contributed by atoms with van der Waals surface area (Å²) in [5.41, 5.74) is 0.438. The normalized spacial score (nSPS) is 15.4. The molecule has 1 aromatic rings. The number of nitrogens with zero attached hydrogens (tertiary/aromatic N) is 2. The molecule has 6 heteroatoms. The summed E-state index contributed by atoms with van der Waals surface area (Å²) in [6, 6.07) is 5.04. The van der Waals surface area contributed by atoms with Crippen molar-refractivity contribution < 1.29 is 14.3 Å². The third-order valence-corrected chi connectivity index (χ3v) is 4.32. The molecule has 0 atom stereocenters. The van der Waals surface area contributed by atoms with Gasteiger partial charge in [-0.1, -0.05) is 32.4 Å². The summed E-state index contributed by atoms with van der Waals surface area (Å²) in [5.74, 6) is 0.664. The zero-order valence-corrected chi connectivity index (χ0v) is 15.5. The van der Waals surface area contributed by atoms with Gasteiger partial charge in [0, 0.05) is 32.6 Å². The fraction of sp³-hybridized carbons (Fsp3) is 0.556. The van der Waals surface area contributed by atoms with Gasteiger partial charge in [-0.25, -0.2) is 0 Å². The molecule has 0 spiro atoms. The lowest BCUT2D eigenvalue weighted by molar-refractivity contribution is -0.134. The minimum absolute atomic E-state index is 0.0271. The van der Waals surface area contributed by atoms with Crippen molar-refractivity contribution in [1.29, 1.82) is 0 Å². The van der Waals surface area contributed by atoms with Gasteiger partial charge in [0.25, 0.3) is 5.91 Å². The highest BCUT2D eigenvalue weighted by atomic mass is 35.5. The molecule has 132 valence electrons. The van der Waals surface area contributed by atoms with Crippen molar-refractivity contribution in [2.24, 2.45) is 5.41 Å². The van der Waals surface area contributed by atoms with E-state index in [2.05, 4.69) is 20.8 Å². The lowest BCUT2D eigenvalue weighted by atomic mass is 9.91. The van der Waals surface area contributed by atoms with Crippen molar-refractivity contribution in [2.75, 3.05) is 33.3 Å². The molecule has 1 saturated heterocycles. The van der Waals surface area contributed by atoms with Gasteiger partial charge in [-0.15, -0.1) is 0 Å². The van der Waals surface area contributed by atoms with E-state index in [0.29, 0.717) is 48.9 Å². The topological polar surface area (TPSA) is 49.9 Å². The van der Waals surface area contributed by atoms with Crippen LogP contribution in [0, 0.1) is 5.41 Å². The smallest absolute Gasteiger partial charge is 0.255 e. The van der Waals surface area contributed by atoms with E-state index in [0.717, 1.165) is 0 Å². The molecular formula is C18H25ClN2O3. The van der Waals surface area contributed by atoms with Crippen LogP contribution in [0.1, 0.15) is 37.6 Å². The molecular weight excluding hydrogens is 328 g/mol. The monoisotopic (exact) mass is 352 g/mol. The quantitative estimate of drug-likeness (QED) is 0.840. The predicted octanol–water partition coefficient (Wildman–Crippen LogP) is 3.07. The van der Waals surface area contributed by atoms with Crippen LogP contribution in [-0.2, 0) is 4.79 Å². The fourth-order valence-electron chi connectivity index (χ4n) is 2.69. The van der Waals surface area contributed by atoms with Gasteiger partial charge in [0.15, 0.2) is 0 Å². The van der Waals surface area contributed by atoms with Crippen LogP contribution in [0.5, 0.6) is 5.75 Å². The number of amides is 2. The van der Waals surface area contributed by atoms with Gasteiger partial charge >= 0.3 is 0 Å². The SMILES string of the molecule is COc1ccc(C(=O)N2CCN(C(=O)CC(C)(C)C)CC2)c(Cl)c1. The maximum absolute atomic E-state index is 12.6. The van der Waals surface area contributed by atoms with Crippen LogP contribution in [-0.4, -0.2) is 54.9 Å². The highest BCUT2D eigenvalue weighted by Crippen LogP contribution is 2.24. The van der Waals surface area contributed by atoms with Crippen molar-refractivity contribution in [3.63, 3.8) is 0 Å². The number of benzene rings is 1. The number of carbonyl (C=O) groups excluding carboxylic acids is 2. The summed E-state index contributed by atoms with van der Waals surface area (Å²) in [6.45, 7) is 8.33. The van der Waals surface area contributed by atoms with E-state index >= 15 is 0 Å². The lowest BCUT2D eigenvalue weighted by Crippen LogP contribution is -2.51. The average molecular weight is 353 g/mol. The molecule has 1 aromatic carbocycles. The number of hydrogen-bond donors (Lipinski definition) is 0. The number of halogens is 1. The van der Waals surface area contributed by atoms with E-state index in [-0.39, 0.29) is 17.2 Å². The van der Waals surface area contributed by atoms with E-state index < -0.39 is 0 Å². The Kier molecular flexibility index (Phi) is 5.75. The van der Waals surface area contributed by atoms with Crippen LogP contribution < -0.4 is 4.74 Å². The Morgan fingerprint density at radius 1 is 1.12 bits per heavy atom. The molecule has 0 aliphatic carbocycles. The van der Waals surface area contributed by atoms with E-state index in [9.17, 15) is 9.59 Å². The molecule has 0 N–H and O–H groups in total. The zero-order valence-electron chi connectivity index (χ0n) is 14.8. The molecule has 1 heterocycles. The number of hydrogen-bond acceptors (Lipinski definition) is 3. The number of rotatable bonds is 3. The third kappa shape index (κ3) is 4.63. The second-order valence-corrected chi connectivity index (χ2v) is 7.66. The van der Waals surface area contributed by atoms with Crippen molar-refractivity contribution in [1.82, 2.24) is 9.80 Å². The number of methoxy groups -OCH3 is 1. The van der Waals surface area contributed by atoms with Crippen LogP contribution in [0.3, 0.4) is 0 Å². The van der Waals surface area contributed by atoms with E-state index in [1.807, 2.05) is 4.90 Å². The van der Waals surface area contributed by atoms with Crippen molar-refractivity contribution in [3.8, 4) is 5.75 Å². The highest BCUT2D eigenvalue weighted by Gasteiger charge is 2.27. The largest absolute Gasteiger partial charge is 0.497 e. The summed E-state index contributed by atoms with van der Waals surface area (Å²) >= 11 is 6.18. The summed E-state index contributed by atoms with van der Waals surface area (Å²) in [7, 11) is 1.56. The molecule has 2 amide bonds. The van der Waals surface area contributed by atoms with E-state index in [1.54, 1.807) is 30.2 Å². The lowest BCUT2D eigenvalue weighted by Gasteiger charge is -2.36. The zero-order chi connectivity index (χ0) is 17.9. The number of piperazine rings is 1. The first-order chi connectivity index (χ1) is 11.2. The Bertz CT molecular complexity index is 617. The molecule has 0 aromatic heterocycles. The summed E-state index contributed by atoms with van der Waals surface area (Å²) in [5, 5.41) is 0.380. The fourth-order valence-corrected chi connectivity index (χ4v) is 2.94. The van der Waals surface area contributed by atoms with Gasteiger partial charge < -0.3 is 14.5 Å². The van der Waals surface area contributed by atoms with Crippen LogP contribution >= 0.6 is 11.6 Å². The van der Waals surface area contributed by atoms with Gasteiger partial charge in [-0.3, -0.25) is 9.59 Å². The van der Waals surface area contributed by atoms with E-state index in [1.165, 1.54) is 0 Å². The van der Waals surface area contributed by atoms with Crippen LogP contribution in [0.4, 0.5) is 0 Å². The standard InChI is InChI=1S/C18H25ClN2O3/c1-18(2,3)12-16(22)20-7-9-21(10-8-20)17(23)14-6-5-13(24-4)11-15(14)19/h5-6,11H,7-10,12H2,1-4H3. The molecule has 24 heavy (non-hydrogen) atoms. The maximum atomic E-state index is 12.6. The summed E-state index contributed by atoms with van der Waals surface area (Å²) < 4.78 is 5.10. The summed E-state index contributed by atoms with van der Waals surface area (Å²) in [6.07, 6.45) is 0.519. The minimum Gasteiger partial charge on any atom is -0.497 e. The Morgan fingerprint density at radius 2 is 1.71 bits per heavy atom. The first kappa shape index (κ1) is 18.6. The molecule has 0 radical (unpaired) electrons. The number of carbonyl (C=O) groups is 2. The van der Waals surface area contributed by atoms with Crippen LogP contribution in [0.2, 0.25) is 5.02 Å². The van der Waals surface area contributed by atoms with Crippen LogP contribution in [0.15, 0.2) is 18.2 Å². The summed E-state index contributed by atoms with van der Waals surface area (Å²) in [4.78, 5) is 28.5. The molecule has 5 nitrogen and oxygen atoms in total. The van der Waals surface area contributed by atoms with Gasteiger partial charge in [0.2, 0.25) is 5.91 Å². The average Bonchev–Trinajstić information content (AvgIpc) is 2.52. The molecule has 1 aliphatic rings. The molecule has 1 fully saturated rings. The first-order valence-electron chi connectivity index (χ1n) is 8.12. The Hall–Kier alpha value is -1.75. The van der Waals surface area contributed by atoms with Crippen LogP contribution in [0.25, 0.3) is 0 Å². The molecule has 0 saturated carbocycles. The highest BCUT2D eigenvalue weighted by molar-refractivity contribution is 6.34. The predicted molar refractivity (Wildman–Crippen MR) is 94.6 cm³/mol. The van der Waals surface area contributed by atoms with Gasteiger partial charge in [0.1, 0.15) is 5.75 Å². The second-order valence-electron chi connectivity index (χ2n) is 7.26. The van der Waals surface area contributed by atoms with Crippen molar-refractivity contribution in [2.45, 2.75) is 27.2 Å². The Balaban J connectivity index is 1.97. The Morgan fingerprint density at radius 3 is 2.21 bits per heavy atom. The van der Waals surface area contributed by atoms with Crippen molar-refractivity contribution in [3.05, 3.63) is 28.8 Å². The number of ether oxygens (including phenoxy) is 1. The molecule has 2 rings (SSSR count). The van der Waals surface area contributed by atoms with Gasteiger partial charge in [-0.2, -0.15) is 0 Å². The first-order valence-corrected chi connectivity index (χ1v) is 8.49. The molecule has 1 aliphatic heterocycles. The Labute approximate surface area is 148 Å². The minimum atomic E-state index is -0.106. The third-order valence-electron chi connectivity index (χ3n) is 4.01. The van der Waals surface area contributed by atoms with Gasteiger partial charge in [-0.05, 0) is 23.6 Å². The van der Waals surface area contributed by atoms with Gasteiger partial charge in [0.05, 0.1) is 17.7 Å². The van der Waals surface area contributed by atoms with E-state index in [4.69, 9.17) is 16.3 Å². The maximum Gasteiger partial charge on any atom is 0.255 e. The second kappa shape index (κ2) is 7.43. The molecule has 0 bridgehead atoms. The molecule has 0 unspecified atom stereocenters.